The number of fused-ring (bicyclic) bond motifs is 4. The average Bonchev–Trinajstić information content (AvgIpc) is 3.70. The third-order valence-corrected chi connectivity index (χ3v) is 10.7. The van der Waals surface area contributed by atoms with E-state index in [0.29, 0.717) is 47.2 Å². The van der Waals surface area contributed by atoms with Gasteiger partial charge in [-0.2, -0.15) is 9.97 Å². The van der Waals surface area contributed by atoms with Crippen molar-refractivity contribution in [1.82, 2.24) is 19.8 Å². The van der Waals surface area contributed by atoms with Crippen molar-refractivity contribution in [3.8, 4) is 17.1 Å². The van der Waals surface area contributed by atoms with Gasteiger partial charge in [-0.25, -0.2) is 8.78 Å². The van der Waals surface area contributed by atoms with Crippen LogP contribution in [-0.2, 0) is 4.79 Å². The van der Waals surface area contributed by atoms with Gasteiger partial charge in [0.05, 0.1) is 22.6 Å². The molecule has 44 heavy (non-hydrogen) atoms. The first-order valence-electron chi connectivity index (χ1n) is 15.3. The zero-order valence-electron chi connectivity index (χ0n) is 24.2. The molecule has 0 N–H and O–H groups in total. The lowest BCUT2D eigenvalue weighted by Gasteiger charge is -2.47. The number of amides is 1. The monoisotopic (exact) mass is 615 g/mol. The van der Waals surface area contributed by atoms with Crippen LogP contribution in [0.1, 0.15) is 32.1 Å². The number of nitrogens with zero attached hydrogens (tertiary/aromatic N) is 5. The molecule has 7 nitrogen and oxygen atoms in total. The van der Waals surface area contributed by atoms with Crippen molar-refractivity contribution in [2.45, 2.75) is 49.7 Å². The molecule has 4 fully saturated rings. The van der Waals surface area contributed by atoms with Crippen LogP contribution in [0.4, 0.5) is 14.6 Å². The quantitative estimate of drug-likeness (QED) is 0.235. The van der Waals surface area contributed by atoms with E-state index < -0.39 is 11.6 Å². The summed E-state index contributed by atoms with van der Waals surface area (Å²) in [6.45, 7) is 7.45. The number of anilines is 1. The molecule has 0 bridgehead atoms. The van der Waals surface area contributed by atoms with Crippen LogP contribution in [-0.4, -0.2) is 76.1 Å². The number of rotatable bonds is 6. The van der Waals surface area contributed by atoms with Crippen molar-refractivity contribution in [1.29, 1.82) is 0 Å². The Morgan fingerprint density at radius 1 is 1.05 bits per heavy atom. The lowest BCUT2D eigenvalue weighted by molar-refractivity contribution is -0.127. The maximum atomic E-state index is 16.7. The van der Waals surface area contributed by atoms with Crippen molar-refractivity contribution in [2.24, 2.45) is 0 Å². The Balaban J connectivity index is 1.23. The molecule has 1 aromatic heterocycles. The first-order valence-corrected chi connectivity index (χ1v) is 15.7. The number of carbonyl (C=O) groups is 1. The van der Waals surface area contributed by atoms with Crippen LogP contribution in [0, 0.1) is 11.6 Å². The third-order valence-electron chi connectivity index (χ3n) is 10.3. The second-order valence-corrected chi connectivity index (χ2v) is 12.8. The summed E-state index contributed by atoms with van der Waals surface area (Å²) in [6, 6.07) is 12.1. The van der Waals surface area contributed by atoms with Crippen LogP contribution >= 0.6 is 11.6 Å². The lowest BCUT2D eigenvalue weighted by Crippen LogP contribution is -2.63. The van der Waals surface area contributed by atoms with Crippen LogP contribution in [0.15, 0.2) is 55.1 Å². The number of carbonyl (C=O) groups excluding carboxylic acids is 1. The van der Waals surface area contributed by atoms with E-state index in [2.05, 4.69) is 21.4 Å². The van der Waals surface area contributed by atoms with E-state index in [-0.39, 0.29) is 45.6 Å². The minimum absolute atomic E-state index is 0.0263. The lowest BCUT2D eigenvalue weighted by atomic mass is 9.94. The van der Waals surface area contributed by atoms with Gasteiger partial charge in [0.15, 0.2) is 5.82 Å². The van der Waals surface area contributed by atoms with Gasteiger partial charge < -0.3 is 14.5 Å². The zero-order chi connectivity index (χ0) is 30.2. The summed E-state index contributed by atoms with van der Waals surface area (Å²) >= 11 is 6.43. The number of hydrogen-bond donors (Lipinski definition) is 0. The number of ether oxygens (including phenoxy) is 1. The molecule has 8 rings (SSSR count). The van der Waals surface area contributed by atoms with E-state index in [1.807, 2.05) is 17.0 Å². The van der Waals surface area contributed by atoms with Crippen molar-refractivity contribution in [2.75, 3.05) is 37.7 Å². The van der Waals surface area contributed by atoms with Crippen molar-refractivity contribution in [3.05, 3.63) is 71.8 Å². The molecule has 4 aliphatic rings. The topological polar surface area (TPSA) is 61.8 Å². The predicted molar refractivity (Wildman–Crippen MR) is 167 cm³/mol. The highest BCUT2D eigenvalue weighted by molar-refractivity contribution is 6.37. The number of likely N-dealkylation sites (tertiary alicyclic amines) is 1. The zero-order valence-corrected chi connectivity index (χ0v) is 25.0. The summed E-state index contributed by atoms with van der Waals surface area (Å²) in [7, 11) is 0. The Hall–Kier alpha value is -3.82. The first-order chi connectivity index (χ1) is 21.4. The SMILES string of the molecule is C=CC(=O)N1CCC2[C@H]1CN2c1nc(OCC23CCCN2CCC3)nc2c(F)c(-c3cccc4ccc(F)c(Cl)c34)ccc12. The Kier molecular flexibility index (Phi) is 6.54. The van der Waals surface area contributed by atoms with E-state index in [0.717, 1.165) is 45.2 Å². The molecular formula is C34H32ClF2N5O2. The van der Waals surface area contributed by atoms with E-state index in [4.69, 9.17) is 21.3 Å². The Morgan fingerprint density at radius 2 is 1.86 bits per heavy atom. The maximum Gasteiger partial charge on any atom is 0.319 e. The molecule has 10 heteroatoms. The summed E-state index contributed by atoms with van der Waals surface area (Å²) in [5.74, 6) is -0.587. The van der Waals surface area contributed by atoms with Gasteiger partial charge in [0.2, 0.25) is 5.91 Å². The second-order valence-electron chi connectivity index (χ2n) is 12.4. The summed E-state index contributed by atoms with van der Waals surface area (Å²) in [5.41, 5.74) is 0.868. The molecule has 0 saturated carbocycles. The van der Waals surface area contributed by atoms with Gasteiger partial charge >= 0.3 is 6.01 Å². The summed E-state index contributed by atoms with van der Waals surface area (Å²) in [5, 5.41) is 1.67. The van der Waals surface area contributed by atoms with E-state index in [9.17, 15) is 9.18 Å². The molecule has 3 aromatic carbocycles. The van der Waals surface area contributed by atoms with E-state index in [1.165, 1.54) is 12.1 Å². The fraction of sp³-hybridized carbons (Fsp3) is 0.382. The van der Waals surface area contributed by atoms with Crippen LogP contribution in [0.2, 0.25) is 5.02 Å². The predicted octanol–water partition coefficient (Wildman–Crippen LogP) is 6.36. The molecular weight excluding hydrogens is 584 g/mol. The van der Waals surface area contributed by atoms with Gasteiger partial charge in [0, 0.05) is 29.4 Å². The second kappa shape index (κ2) is 10.4. The summed E-state index contributed by atoms with van der Waals surface area (Å²) < 4.78 is 37.6. The van der Waals surface area contributed by atoms with Crippen molar-refractivity contribution < 1.29 is 18.3 Å². The van der Waals surface area contributed by atoms with Crippen LogP contribution in [0.5, 0.6) is 6.01 Å². The first kappa shape index (κ1) is 27.7. The highest BCUT2D eigenvalue weighted by Crippen LogP contribution is 2.43. The van der Waals surface area contributed by atoms with Crippen LogP contribution < -0.4 is 9.64 Å². The number of aromatic nitrogens is 2. The third kappa shape index (κ3) is 4.12. The number of benzene rings is 3. The molecule has 2 atom stereocenters. The smallest absolute Gasteiger partial charge is 0.319 e. The van der Waals surface area contributed by atoms with Crippen molar-refractivity contribution >= 4 is 45.0 Å². The molecule has 226 valence electrons. The fourth-order valence-corrected chi connectivity index (χ4v) is 8.34. The highest BCUT2D eigenvalue weighted by atomic mass is 35.5. The fourth-order valence-electron chi connectivity index (χ4n) is 8.07. The summed E-state index contributed by atoms with van der Waals surface area (Å²) in [4.78, 5) is 28.5. The number of halogens is 3. The Labute approximate surface area is 259 Å². The van der Waals surface area contributed by atoms with Crippen LogP contribution in [0.3, 0.4) is 0 Å². The van der Waals surface area contributed by atoms with E-state index in [1.54, 1.807) is 24.3 Å². The number of hydrogen-bond acceptors (Lipinski definition) is 6. The normalized spacial score (nSPS) is 22.3. The molecule has 1 amide bonds. The van der Waals surface area contributed by atoms with Crippen LogP contribution in [0.25, 0.3) is 32.8 Å². The molecule has 0 radical (unpaired) electrons. The molecule has 1 unspecified atom stereocenters. The molecule has 0 aliphatic carbocycles. The Morgan fingerprint density at radius 3 is 2.66 bits per heavy atom. The van der Waals surface area contributed by atoms with Gasteiger partial charge in [-0.3, -0.25) is 9.69 Å². The summed E-state index contributed by atoms with van der Waals surface area (Å²) in [6.07, 6.45) is 6.53. The highest BCUT2D eigenvalue weighted by Gasteiger charge is 2.49. The largest absolute Gasteiger partial charge is 0.461 e. The minimum Gasteiger partial charge on any atom is -0.461 e. The standard InChI is InChI=1S/C34H32ClF2N5O2/c1-2-27(43)41-17-12-25-26(41)18-42(25)32-23-10-9-22(21-7-3-6-20-8-11-24(36)29(35)28(20)21)30(37)31(23)38-33(39-32)44-19-34-13-4-15-40(34)16-5-14-34/h2-3,6-11,25-26H,1,4-5,12-19H2/t25?,26-/m1/s1. The average molecular weight is 616 g/mol. The molecule has 5 heterocycles. The molecule has 4 aliphatic heterocycles. The van der Waals surface area contributed by atoms with E-state index >= 15 is 4.39 Å². The maximum absolute atomic E-state index is 16.7. The van der Waals surface area contributed by atoms with Gasteiger partial charge in [-0.1, -0.05) is 48.5 Å². The van der Waals surface area contributed by atoms with Crippen molar-refractivity contribution in [3.63, 3.8) is 0 Å². The molecule has 4 saturated heterocycles. The Bertz CT molecular complexity index is 1840. The molecule has 4 aromatic rings. The van der Waals surface area contributed by atoms with Gasteiger partial charge in [0.25, 0.3) is 0 Å². The van der Waals surface area contributed by atoms with Gasteiger partial charge in [-0.15, -0.1) is 0 Å². The molecule has 0 spiro atoms. The van der Waals surface area contributed by atoms with Gasteiger partial charge in [0.1, 0.15) is 23.8 Å². The van der Waals surface area contributed by atoms with Gasteiger partial charge in [-0.05, 0) is 74.4 Å². The minimum atomic E-state index is -0.562.